The standard InChI is InChI=1S/C17H20ClN3O4.C16H18ClN3O4/c1-3-4-5-15-19-17(18)14(10-16(22)25-2)20(15)11-12-6-8-13(9-7-12)21(23)24;1-2-3-4-14-18-16(17)13(9-15(21)22)19(14)10-11-5-7-12(8-6-11)20(23)24/h6-9H,3-5,10-11H2,1-2H3;5-8H,2-4,9-10H2,1H3,(H,21,22). The van der Waals surface area contributed by atoms with Gasteiger partial charge >= 0.3 is 11.9 Å². The minimum Gasteiger partial charge on any atom is -0.481 e. The van der Waals surface area contributed by atoms with Gasteiger partial charge in [0, 0.05) is 50.2 Å². The second-order valence-corrected chi connectivity index (χ2v) is 11.8. The Morgan fingerprint density at radius 3 is 1.47 bits per heavy atom. The van der Waals surface area contributed by atoms with Crippen LogP contribution in [0.3, 0.4) is 0 Å². The van der Waals surface area contributed by atoms with Crippen LogP contribution in [0.15, 0.2) is 48.5 Å². The molecule has 0 spiro atoms. The number of imidazole rings is 2. The Hall–Kier alpha value is -4.82. The number of hydrogen-bond donors (Lipinski definition) is 1. The Balaban J connectivity index is 0.000000266. The second kappa shape index (κ2) is 18.7. The molecule has 0 unspecified atom stereocenters. The molecule has 1 N–H and O–H groups in total. The fourth-order valence-corrected chi connectivity index (χ4v) is 5.47. The highest BCUT2D eigenvalue weighted by Crippen LogP contribution is 2.24. The van der Waals surface area contributed by atoms with Gasteiger partial charge in [-0.1, -0.05) is 74.2 Å². The number of benzene rings is 2. The highest BCUT2D eigenvalue weighted by molar-refractivity contribution is 6.30. The van der Waals surface area contributed by atoms with Crippen molar-refractivity contribution in [3.8, 4) is 0 Å². The van der Waals surface area contributed by atoms with Crippen LogP contribution in [0.1, 0.15) is 73.7 Å². The molecule has 4 aromatic rings. The van der Waals surface area contributed by atoms with Crippen molar-refractivity contribution in [2.24, 2.45) is 0 Å². The molecule has 4 rings (SSSR count). The first-order valence-corrected chi connectivity index (χ1v) is 16.4. The lowest BCUT2D eigenvalue weighted by molar-refractivity contribution is -0.385. The van der Waals surface area contributed by atoms with Crippen molar-refractivity contribution < 1.29 is 29.3 Å². The normalized spacial score (nSPS) is 10.7. The maximum atomic E-state index is 11.7. The molecule has 0 saturated carbocycles. The molecule has 0 fully saturated rings. The number of carbonyl (C=O) groups is 2. The fourth-order valence-electron chi connectivity index (χ4n) is 4.94. The third-order valence-electron chi connectivity index (χ3n) is 7.55. The first kappa shape index (κ1) is 38.6. The summed E-state index contributed by atoms with van der Waals surface area (Å²) in [7, 11) is 1.32. The Kier molecular flexibility index (Phi) is 14.7. The number of methoxy groups -OCH3 is 1. The topological polar surface area (TPSA) is 186 Å². The number of carboxylic acid groups (broad SMARTS) is 1. The van der Waals surface area contributed by atoms with Gasteiger partial charge in [0.2, 0.25) is 0 Å². The van der Waals surface area contributed by atoms with E-state index in [2.05, 4.69) is 23.8 Å². The molecule has 16 heteroatoms. The zero-order valence-electron chi connectivity index (χ0n) is 27.4. The van der Waals surface area contributed by atoms with Crippen molar-refractivity contribution in [2.45, 2.75) is 78.3 Å². The van der Waals surface area contributed by atoms with Gasteiger partial charge in [0.05, 0.1) is 41.2 Å². The number of nitro groups is 2. The summed E-state index contributed by atoms with van der Waals surface area (Å²) in [6, 6.07) is 12.5. The van der Waals surface area contributed by atoms with Gasteiger partial charge in [-0.05, 0) is 24.0 Å². The van der Waals surface area contributed by atoms with Crippen LogP contribution in [0.25, 0.3) is 0 Å². The maximum Gasteiger partial charge on any atom is 0.311 e. The number of esters is 1. The van der Waals surface area contributed by atoms with Crippen molar-refractivity contribution in [2.75, 3.05) is 7.11 Å². The van der Waals surface area contributed by atoms with Crippen LogP contribution in [0, 0.1) is 20.2 Å². The summed E-state index contributed by atoms with van der Waals surface area (Å²) >= 11 is 12.4. The fraction of sp³-hybridized carbons (Fsp3) is 0.394. The van der Waals surface area contributed by atoms with Crippen molar-refractivity contribution in [1.29, 1.82) is 0 Å². The maximum absolute atomic E-state index is 11.7. The van der Waals surface area contributed by atoms with Gasteiger partial charge in [-0.15, -0.1) is 0 Å². The number of ether oxygens (including phenoxy) is 1. The van der Waals surface area contributed by atoms with Gasteiger partial charge in [0.25, 0.3) is 11.4 Å². The second-order valence-electron chi connectivity index (χ2n) is 11.1. The molecule has 0 aliphatic carbocycles. The van der Waals surface area contributed by atoms with E-state index in [0.29, 0.717) is 36.1 Å². The molecule has 14 nitrogen and oxygen atoms in total. The molecule has 262 valence electrons. The molecule has 2 heterocycles. The third kappa shape index (κ3) is 11.1. The molecule has 0 saturated heterocycles. The van der Waals surface area contributed by atoms with E-state index in [1.54, 1.807) is 28.8 Å². The number of carbonyl (C=O) groups excluding carboxylic acids is 1. The predicted molar refractivity (Wildman–Crippen MR) is 183 cm³/mol. The smallest absolute Gasteiger partial charge is 0.311 e. The Morgan fingerprint density at radius 2 is 1.14 bits per heavy atom. The molecular weight excluding hydrogens is 679 g/mol. The van der Waals surface area contributed by atoms with Crippen molar-refractivity contribution in [3.63, 3.8) is 0 Å². The molecule has 0 radical (unpaired) electrons. The molecule has 0 amide bonds. The number of halogens is 2. The number of aromatic nitrogens is 4. The summed E-state index contributed by atoms with van der Waals surface area (Å²) in [5.41, 5.74) is 2.78. The molecule has 0 aliphatic heterocycles. The quantitative estimate of drug-likeness (QED) is 0.0718. The Labute approximate surface area is 293 Å². The highest BCUT2D eigenvalue weighted by Gasteiger charge is 2.20. The van der Waals surface area contributed by atoms with E-state index in [-0.39, 0.29) is 29.4 Å². The van der Waals surface area contributed by atoms with E-state index in [1.165, 1.54) is 31.4 Å². The zero-order chi connectivity index (χ0) is 36.1. The minimum atomic E-state index is -0.983. The zero-order valence-corrected chi connectivity index (χ0v) is 28.9. The first-order valence-electron chi connectivity index (χ1n) is 15.6. The molecule has 0 aliphatic rings. The van der Waals surface area contributed by atoms with Crippen LogP contribution in [0.4, 0.5) is 11.4 Å². The van der Waals surface area contributed by atoms with E-state index in [4.69, 9.17) is 33.0 Å². The van der Waals surface area contributed by atoms with E-state index < -0.39 is 21.8 Å². The molecule has 49 heavy (non-hydrogen) atoms. The lowest BCUT2D eigenvalue weighted by Gasteiger charge is -2.12. The van der Waals surface area contributed by atoms with E-state index >= 15 is 0 Å². The summed E-state index contributed by atoms with van der Waals surface area (Å²) in [5, 5.41) is 31.1. The minimum absolute atomic E-state index is 0.0133. The summed E-state index contributed by atoms with van der Waals surface area (Å²) in [5.74, 6) is 0.151. The van der Waals surface area contributed by atoms with Gasteiger partial charge < -0.3 is 19.0 Å². The number of unbranched alkanes of at least 4 members (excludes halogenated alkanes) is 2. The van der Waals surface area contributed by atoms with Crippen LogP contribution in [0.5, 0.6) is 0 Å². The van der Waals surface area contributed by atoms with Crippen LogP contribution < -0.4 is 0 Å². The average Bonchev–Trinajstić information content (AvgIpc) is 3.52. The third-order valence-corrected chi connectivity index (χ3v) is 8.15. The average molecular weight is 718 g/mol. The summed E-state index contributed by atoms with van der Waals surface area (Å²) in [6.45, 7) is 4.95. The highest BCUT2D eigenvalue weighted by atomic mass is 35.5. The van der Waals surface area contributed by atoms with E-state index in [1.807, 2.05) is 4.57 Å². The van der Waals surface area contributed by atoms with Crippen LogP contribution in [-0.2, 0) is 53.1 Å². The number of aliphatic carboxylic acids is 1. The number of non-ortho nitro benzene ring substituents is 2. The number of carboxylic acids is 1. The van der Waals surface area contributed by atoms with Gasteiger partial charge in [-0.2, -0.15) is 0 Å². The van der Waals surface area contributed by atoms with Crippen molar-refractivity contribution in [1.82, 2.24) is 19.1 Å². The Morgan fingerprint density at radius 1 is 0.755 bits per heavy atom. The van der Waals surface area contributed by atoms with Crippen molar-refractivity contribution >= 4 is 46.5 Å². The van der Waals surface area contributed by atoms with Gasteiger partial charge in [-0.25, -0.2) is 9.97 Å². The van der Waals surface area contributed by atoms with E-state index in [9.17, 15) is 29.8 Å². The number of hydrogen-bond acceptors (Lipinski definition) is 9. The lowest BCUT2D eigenvalue weighted by atomic mass is 10.2. The van der Waals surface area contributed by atoms with Crippen molar-refractivity contribution in [3.05, 3.63) is 113 Å². The first-order chi connectivity index (χ1) is 23.4. The predicted octanol–water partition coefficient (Wildman–Crippen LogP) is 7.01. The number of nitrogens with zero attached hydrogens (tertiary/aromatic N) is 6. The van der Waals surface area contributed by atoms with Gasteiger partial charge in [-0.3, -0.25) is 29.8 Å². The SMILES string of the molecule is CCCCc1nc(Cl)c(CC(=O)O)n1Cc1ccc([N+](=O)[O-])cc1.CCCCc1nc(Cl)c(CC(=O)OC)n1Cc1ccc([N+](=O)[O-])cc1. The largest absolute Gasteiger partial charge is 0.481 e. The van der Waals surface area contributed by atoms with Crippen LogP contribution in [-0.4, -0.2) is 53.1 Å². The molecule has 0 bridgehead atoms. The molecular formula is C33H38Cl2N6O8. The number of aryl methyl sites for hydroxylation is 2. The van der Waals surface area contributed by atoms with Crippen LogP contribution in [0.2, 0.25) is 10.3 Å². The van der Waals surface area contributed by atoms with Crippen LogP contribution >= 0.6 is 23.2 Å². The number of rotatable bonds is 16. The Bertz CT molecular complexity index is 1750. The van der Waals surface area contributed by atoms with E-state index in [0.717, 1.165) is 54.9 Å². The molecule has 2 aromatic heterocycles. The molecule has 2 aromatic carbocycles. The summed E-state index contributed by atoms with van der Waals surface area (Å²) in [6.07, 6.45) is 5.11. The summed E-state index contributed by atoms with van der Waals surface area (Å²) in [4.78, 5) is 52.1. The number of nitro benzene ring substituents is 2. The summed E-state index contributed by atoms with van der Waals surface area (Å²) < 4.78 is 8.43. The van der Waals surface area contributed by atoms with Gasteiger partial charge in [0.15, 0.2) is 10.3 Å². The van der Waals surface area contributed by atoms with Gasteiger partial charge in [0.1, 0.15) is 11.6 Å². The lowest BCUT2D eigenvalue weighted by Crippen LogP contribution is -2.13. The monoisotopic (exact) mass is 716 g/mol. The molecule has 0 atom stereocenters.